The maximum absolute atomic E-state index is 12.3. The predicted molar refractivity (Wildman–Crippen MR) is 90.5 cm³/mol. The van der Waals surface area contributed by atoms with Crippen LogP contribution in [0.1, 0.15) is 18.1 Å². The molecule has 4 nitrogen and oxygen atoms in total. The number of aryl methyl sites for hydroxylation is 1. The van der Waals surface area contributed by atoms with Crippen molar-refractivity contribution in [2.75, 3.05) is 23.8 Å². The van der Waals surface area contributed by atoms with Gasteiger partial charge in [0.05, 0.1) is 11.5 Å². The summed E-state index contributed by atoms with van der Waals surface area (Å²) in [6, 6.07) is 4.97. The summed E-state index contributed by atoms with van der Waals surface area (Å²) in [5.74, 6) is 3.22. The molecule has 0 amide bonds. The molecule has 0 radical (unpaired) electrons. The molecule has 1 heterocycles. The zero-order chi connectivity index (χ0) is 15.3. The van der Waals surface area contributed by atoms with Crippen LogP contribution in [0.15, 0.2) is 23.1 Å². The van der Waals surface area contributed by atoms with Gasteiger partial charge in [-0.05, 0) is 29.7 Å². The summed E-state index contributed by atoms with van der Waals surface area (Å²) in [4.78, 5) is 0.234. The van der Waals surface area contributed by atoms with E-state index in [1.807, 2.05) is 30.4 Å². The Bertz CT molecular complexity index is 569. The average molecular weight is 348 g/mol. The quantitative estimate of drug-likeness (QED) is 0.822. The lowest BCUT2D eigenvalue weighted by atomic mass is 10.1. The van der Waals surface area contributed by atoms with Crippen LogP contribution in [0.4, 0.5) is 0 Å². The van der Waals surface area contributed by atoms with E-state index in [-0.39, 0.29) is 11.5 Å². The molecule has 1 aliphatic rings. The fourth-order valence-corrected chi connectivity index (χ4v) is 6.05. The fourth-order valence-electron chi connectivity index (χ4n) is 2.20. The molecular formula is C14H21NO3S3. The van der Waals surface area contributed by atoms with Crippen molar-refractivity contribution in [3.05, 3.63) is 29.3 Å². The molecule has 1 unspecified atom stereocenters. The number of aliphatic hydroxyl groups excluding tert-OH is 1. The minimum atomic E-state index is -3.50. The molecule has 2 rings (SSSR count). The van der Waals surface area contributed by atoms with Crippen LogP contribution in [0.3, 0.4) is 0 Å². The van der Waals surface area contributed by atoms with E-state index in [1.165, 1.54) is 0 Å². The summed E-state index contributed by atoms with van der Waals surface area (Å²) < 4.78 is 27.4. The van der Waals surface area contributed by atoms with Gasteiger partial charge in [0.15, 0.2) is 0 Å². The molecule has 2 N–H and O–H groups in total. The molecule has 21 heavy (non-hydrogen) atoms. The number of nitrogens with one attached hydrogen (secondary N) is 1. The van der Waals surface area contributed by atoms with Gasteiger partial charge in [-0.3, -0.25) is 0 Å². The zero-order valence-corrected chi connectivity index (χ0v) is 14.5. The van der Waals surface area contributed by atoms with Gasteiger partial charge in [0, 0.05) is 29.1 Å². The maximum Gasteiger partial charge on any atom is 0.240 e. The molecule has 0 aliphatic carbocycles. The van der Waals surface area contributed by atoms with Gasteiger partial charge in [-0.25, -0.2) is 13.1 Å². The van der Waals surface area contributed by atoms with Crippen molar-refractivity contribution in [1.82, 2.24) is 4.72 Å². The predicted octanol–water partition coefficient (Wildman–Crippen LogP) is 1.87. The third-order valence-electron chi connectivity index (χ3n) is 3.43. The summed E-state index contributed by atoms with van der Waals surface area (Å²) in [6.07, 6.45) is 0.777. The highest BCUT2D eigenvalue weighted by molar-refractivity contribution is 8.06. The normalized spacial score (nSPS) is 19.6. The fraction of sp³-hybridized carbons (Fsp3) is 0.571. The Labute approximate surface area is 135 Å². The van der Waals surface area contributed by atoms with E-state index < -0.39 is 10.0 Å². The Morgan fingerprint density at radius 1 is 1.33 bits per heavy atom. The van der Waals surface area contributed by atoms with E-state index in [4.69, 9.17) is 0 Å². The van der Waals surface area contributed by atoms with E-state index in [1.54, 1.807) is 18.2 Å². The minimum Gasteiger partial charge on any atom is -0.392 e. The van der Waals surface area contributed by atoms with Gasteiger partial charge in [-0.15, -0.1) is 0 Å². The van der Waals surface area contributed by atoms with Crippen molar-refractivity contribution >= 4 is 33.5 Å². The summed E-state index contributed by atoms with van der Waals surface area (Å²) in [6.45, 7) is 2.31. The van der Waals surface area contributed by atoms with Crippen molar-refractivity contribution in [3.63, 3.8) is 0 Å². The Morgan fingerprint density at radius 2 is 2.14 bits per heavy atom. The highest BCUT2D eigenvalue weighted by atomic mass is 32.2. The number of hydrogen-bond acceptors (Lipinski definition) is 5. The molecule has 1 atom stereocenters. The van der Waals surface area contributed by atoms with Gasteiger partial charge < -0.3 is 5.11 Å². The minimum absolute atomic E-state index is 0.137. The third kappa shape index (κ3) is 4.63. The van der Waals surface area contributed by atoms with Crippen LogP contribution in [0.2, 0.25) is 0 Å². The number of sulfonamides is 1. The van der Waals surface area contributed by atoms with E-state index >= 15 is 0 Å². The van der Waals surface area contributed by atoms with E-state index in [0.717, 1.165) is 29.2 Å². The number of benzene rings is 1. The first-order valence-electron chi connectivity index (χ1n) is 6.98. The van der Waals surface area contributed by atoms with Gasteiger partial charge in [0.2, 0.25) is 10.0 Å². The molecule has 0 bridgehead atoms. The van der Waals surface area contributed by atoms with Crippen LogP contribution in [0, 0.1) is 0 Å². The standard InChI is InChI=1S/C14H21NO3S3/c1-2-11-3-4-14(7-12(11)9-16)21(17,18)15-8-13-10-19-5-6-20-13/h3-4,7,13,15-16H,2,5-6,8-10H2,1H3. The first-order chi connectivity index (χ1) is 10.1. The van der Waals surface area contributed by atoms with Crippen LogP contribution in [-0.4, -0.2) is 42.6 Å². The van der Waals surface area contributed by atoms with E-state index in [2.05, 4.69) is 4.72 Å². The number of hydrogen-bond donors (Lipinski definition) is 2. The zero-order valence-electron chi connectivity index (χ0n) is 12.0. The highest BCUT2D eigenvalue weighted by Gasteiger charge is 2.20. The summed E-state index contributed by atoms with van der Waals surface area (Å²) >= 11 is 3.70. The molecule has 1 fully saturated rings. The Kier molecular flexibility index (Phi) is 6.43. The molecule has 0 aromatic heterocycles. The third-order valence-corrected chi connectivity index (χ3v) is 7.69. The van der Waals surface area contributed by atoms with Crippen LogP contribution in [-0.2, 0) is 23.1 Å². The largest absolute Gasteiger partial charge is 0.392 e. The molecule has 1 aliphatic heterocycles. The second-order valence-corrected chi connectivity index (χ2v) is 9.19. The second-order valence-electron chi connectivity index (χ2n) is 4.86. The monoisotopic (exact) mass is 347 g/mol. The topological polar surface area (TPSA) is 66.4 Å². The molecule has 1 aromatic carbocycles. The summed E-state index contributed by atoms with van der Waals surface area (Å²) in [5, 5.41) is 9.69. The lowest BCUT2D eigenvalue weighted by Crippen LogP contribution is -2.33. The lowest BCUT2D eigenvalue weighted by Gasteiger charge is -2.21. The van der Waals surface area contributed by atoms with Crippen molar-refractivity contribution in [2.45, 2.75) is 30.1 Å². The molecule has 1 aromatic rings. The lowest BCUT2D eigenvalue weighted by molar-refractivity contribution is 0.280. The van der Waals surface area contributed by atoms with Gasteiger partial charge >= 0.3 is 0 Å². The maximum atomic E-state index is 12.3. The number of rotatable bonds is 6. The first-order valence-corrected chi connectivity index (χ1v) is 10.7. The molecular weight excluding hydrogens is 326 g/mol. The SMILES string of the molecule is CCc1ccc(S(=O)(=O)NCC2CSCCS2)cc1CO. The Hall–Kier alpha value is -0.210. The molecule has 7 heteroatoms. The smallest absolute Gasteiger partial charge is 0.240 e. The van der Waals surface area contributed by atoms with Crippen molar-refractivity contribution in [3.8, 4) is 0 Å². The molecule has 0 spiro atoms. The molecule has 0 saturated carbocycles. The first kappa shape index (κ1) is 17.1. The van der Waals surface area contributed by atoms with Gasteiger partial charge in [-0.2, -0.15) is 23.5 Å². The van der Waals surface area contributed by atoms with Gasteiger partial charge in [0.1, 0.15) is 0 Å². The summed E-state index contributed by atoms with van der Waals surface area (Å²) in [7, 11) is -3.50. The van der Waals surface area contributed by atoms with Crippen LogP contribution < -0.4 is 4.72 Å². The Morgan fingerprint density at radius 3 is 2.76 bits per heavy atom. The van der Waals surface area contributed by atoms with Crippen molar-refractivity contribution in [2.24, 2.45) is 0 Å². The average Bonchev–Trinajstić information content (AvgIpc) is 2.53. The van der Waals surface area contributed by atoms with Crippen molar-refractivity contribution < 1.29 is 13.5 Å². The van der Waals surface area contributed by atoms with E-state index in [9.17, 15) is 13.5 Å². The van der Waals surface area contributed by atoms with Crippen LogP contribution >= 0.6 is 23.5 Å². The van der Waals surface area contributed by atoms with Crippen LogP contribution in [0.5, 0.6) is 0 Å². The second kappa shape index (κ2) is 7.87. The molecule has 1 saturated heterocycles. The number of aliphatic hydroxyl groups is 1. The number of thioether (sulfide) groups is 2. The highest BCUT2D eigenvalue weighted by Crippen LogP contribution is 2.24. The van der Waals surface area contributed by atoms with Gasteiger partial charge in [0.25, 0.3) is 0 Å². The van der Waals surface area contributed by atoms with E-state index in [0.29, 0.717) is 17.4 Å². The van der Waals surface area contributed by atoms with Gasteiger partial charge in [-0.1, -0.05) is 13.0 Å². The summed E-state index contributed by atoms with van der Waals surface area (Å²) in [5.41, 5.74) is 1.67. The Balaban J connectivity index is 2.07. The van der Waals surface area contributed by atoms with Crippen LogP contribution in [0.25, 0.3) is 0 Å². The van der Waals surface area contributed by atoms with Crippen molar-refractivity contribution in [1.29, 1.82) is 0 Å². The molecule has 118 valence electrons.